The number of ether oxygens (including phenoxy) is 3. The molecule has 5 aliphatic rings. The Labute approximate surface area is 336 Å². The molecule has 3 heterocycles. The number of anilines is 1. The lowest BCUT2D eigenvalue weighted by molar-refractivity contribution is -0.148. The second-order valence-corrected chi connectivity index (χ2v) is 18.7. The van der Waals surface area contributed by atoms with Gasteiger partial charge in [-0.05, 0) is 91.3 Å². The standard InChI is InChI=1S/C41H56ClN5O8S/c1-44(2)56(51,52)43-39(49)41(50)25-38(48)45(3)16-5-4-8-36(54-22-19-46-17-20-53-21-18-46)33-12-9-30(33)26-47-27-40(28-55-37-14-10-31(41)24-35(37)47)15-6-7-29-23-32(42)11-13-34(29)40/h4,8,10-11,13-14,23-24,30,33,36,50H,5-7,9,12,15-22,25-28H2,1-3H3,(H,43,49)/b8-4+/t30-,33+,36-,40-,41+/m0/s1. The normalized spacial score (nSPS) is 29.5. The molecule has 2 aromatic carbocycles. The van der Waals surface area contributed by atoms with Crippen LogP contribution in [0.4, 0.5) is 5.69 Å². The fourth-order valence-electron chi connectivity index (χ4n) is 8.96. The van der Waals surface area contributed by atoms with Gasteiger partial charge in [0.25, 0.3) is 5.91 Å². The summed E-state index contributed by atoms with van der Waals surface area (Å²) < 4.78 is 47.6. The van der Waals surface area contributed by atoms with E-state index in [4.69, 9.17) is 25.8 Å². The lowest BCUT2D eigenvalue weighted by atomic mass is 9.68. The number of hydrogen-bond donors (Lipinski definition) is 2. The van der Waals surface area contributed by atoms with Crippen LogP contribution in [0.25, 0.3) is 0 Å². The Hall–Kier alpha value is -3.24. The summed E-state index contributed by atoms with van der Waals surface area (Å²) in [5, 5.41) is 13.0. The zero-order valence-electron chi connectivity index (χ0n) is 32.8. The van der Waals surface area contributed by atoms with Crippen molar-refractivity contribution in [1.29, 1.82) is 0 Å². The number of nitrogens with one attached hydrogen (secondary N) is 1. The van der Waals surface area contributed by atoms with E-state index in [0.29, 0.717) is 55.7 Å². The minimum Gasteiger partial charge on any atom is -0.490 e. The van der Waals surface area contributed by atoms with Crippen LogP contribution in [0.1, 0.15) is 55.2 Å². The molecule has 1 spiro atoms. The number of aryl methyl sites for hydroxylation is 1. The van der Waals surface area contributed by atoms with Gasteiger partial charge in [0.1, 0.15) is 5.75 Å². The molecule has 13 nitrogen and oxygen atoms in total. The minimum absolute atomic E-state index is 0.100. The molecule has 3 aliphatic heterocycles. The molecule has 2 bridgehead atoms. The van der Waals surface area contributed by atoms with Crippen LogP contribution in [0.5, 0.6) is 5.75 Å². The Bertz CT molecular complexity index is 1910. The smallest absolute Gasteiger partial charge is 0.303 e. The number of aliphatic hydroxyl groups is 1. The van der Waals surface area contributed by atoms with Crippen LogP contribution < -0.4 is 14.4 Å². The molecule has 0 radical (unpaired) electrons. The van der Waals surface area contributed by atoms with E-state index < -0.39 is 34.0 Å². The second-order valence-electron chi connectivity index (χ2n) is 16.4. The van der Waals surface area contributed by atoms with Crippen molar-refractivity contribution in [2.75, 3.05) is 91.7 Å². The number of fused-ring (bicyclic) bond motifs is 4. The van der Waals surface area contributed by atoms with E-state index in [-0.39, 0.29) is 28.9 Å². The molecule has 1 saturated carbocycles. The topological polar surface area (TPSA) is 141 Å². The van der Waals surface area contributed by atoms with Gasteiger partial charge in [0.05, 0.1) is 44.6 Å². The number of carbonyl (C=O) groups is 2. The number of benzene rings is 2. The van der Waals surface area contributed by atoms with Crippen molar-refractivity contribution >= 4 is 39.3 Å². The highest BCUT2D eigenvalue weighted by molar-refractivity contribution is 7.87. The van der Waals surface area contributed by atoms with Crippen LogP contribution >= 0.6 is 11.6 Å². The van der Waals surface area contributed by atoms with Gasteiger partial charge in [-0.3, -0.25) is 14.5 Å². The first kappa shape index (κ1) is 40.9. The maximum atomic E-state index is 14.0. The summed E-state index contributed by atoms with van der Waals surface area (Å²) in [4.78, 5) is 33.9. The van der Waals surface area contributed by atoms with Gasteiger partial charge in [0.2, 0.25) is 5.91 Å². The molecule has 56 heavy (non-hydrogen) atoms. The number of amides is 2. The SMILES string of the molecule is CN1CC/C=C/[C@H](OCCN2CCOCC2)[C@@H]2CC[C@H]2CN2C[C@@]3(CCCc4cc(Cl)ccc43)COc3ccc(cc32)[C@@](O)(C(=O)NS(=O)(=O)N(C)C)CC1=O. The molecule has 0 unspecified atom stereocenters. The Kier molecular flexibility index (Phi) is 12.4. The summed E-state index contributed by atoms with van der Waals surface area (Å²) in [5.41, 5.74) is 0.331. The van der Waals surface area contributed by atoms with Crippen molar-refractivity contribution in [2.45, 2.75) is 62.1 Å². The van der Waals surface area contributed by atoms with Crippen LogP contribution in [0.15, 0.2) is 48.6 Å². The number of rotatable bonds is 7. The van der Waals surface area contributed by atoms with E-state index in [1.165, 1.54) is 30.1 Å². The third-order valence-electron chi connectivity index (χ3n) is 12.6. The third kappa shape index (κ3) is 8.62. The molecule has 2 aliphatic carbocycles. The number of hydrogen-bond acceptors (Lipinski definition) is 10. The predicted octanol–water partition coefficient (Wildman–Crippen LogP) is 3.48. The summed E-state index contributed by atoms with van der Waals surface area (Å²) in [5.74, 6) is -0.596. The fraction of sp³-hybridized carbons (Fsp3) is 0.610. The summed E-state index contributed by atoms with van der Waals surface area (Å²) in [6.07, 6.45) is 8.81. The monoisotopic (exact) mass is 813 g/mol. The van der Waals surface area contributed by atoms with Gasteiger partial charge in [-0.15, -0.1) is 0 Å². The van der Waals surface area contributed by atoms with Gasteiger partial charge in [-0.25, -0.2) is 4.72 Å². The fourth-order valence-corrected chi connectivity index (χ4v) is 9.74. The largest absolute Gasteiger partial charge is 0.490 e. The van der Waals surface area contributed by atoms with Gasteiger partial charge in [-0.2, -0.15) is 12.7 Å². The highest BCUT2D eigenvalue weighted by Gasteiger charge is 2.47. The Morgan fingerprint density at radius 2 is 1.93 bits per heavy atom. The average Bonchev–Trinajstić information content (AvgIpc) is 3.31. The van der Waals surface area contributed by atoms with E-state index in [1.807, 2.05) is 10.8 Å². The number of nitrogens with zero attached hydrogens (tertiary/aromatic N) is 4. The first-order chi connectivity index (χ1) is 26.8. The van der Waals surface area contributed by atoms with E-state index in [9.17, 15) is 23.1 Å². The molecule has 15 heteroatoms. The van der Waals surface area contributed by atoms with Crippen LogP contribution in [0.2, 0.25) is 5.02 Å². The van der Waals surface area contributed by atoms with Gasteiger partial charge in [-0.1, -0.05) is 35.9 Å². The van der Waals surface area contributed by atoms with Gasteiger partial charge < -0.3 is 29.1 Å². The highest BCUT2D eigenvalue weighted by Crippen LogP contribution is 2.48. The van der Waals surface area contributed by atoms with E-state index in [2.05, 4.69) is 34.1 Å². The maximum absolute atomic E-state index is 14.0. The Morgan fingerprint density at radius 3 is 2.68 bits per heavy atom. The quantitative estimate of drug-likeness (QED) is 0.400. The van der Waals surface area contributed by atoms with Crippen molar-refractivity contribution < 1.29 is 37.3 Å². The van der Waals surface area contributed by atoms with Crippen molar-refractivity contribution in [1.82, 2.24) is 18.8 Å². The first-order valence-electron chi connectivity index (χ1n) is 19.9. The summed E-state index contributed by atoms with van der Waals surface area (Å²) >= 11 is 6.50. The molecule has 5 atom stereocenters. The molecule has 2 aromatic rings. The van der Waals surface area contributed by atoms with Crippen LogP contribution in [0, 0.1) is 11.8 Å². The zero-order valence-corrected chi connectivity index (χ0v) is 34.3. The number of halogens is 1. The van der Waals surface area contributed by atoms with Crippen molar-refractivity contribution in [3.05, 3.63) is 70.3 Å². The predicted molar refractivity (Wildman–Crippen MR) is 214 cm³/mol. The summed E-state index contributed by atoms with van der Waals surface area (Å²) in [6.45, 7) is 6.74. The van der Waals surface area contributed by atoms with E-state index in [1.54, 1.807) is 25.2 Å². The van der Waals surface area contributed by atoms with Crippen LogP contribution in [-0.4, -0.2) is 132 Å². The molecule has 2 N–H and O–H groups in total. The highest BCUT2D eigenvalue weighted by atomic mass is 35.5. The van der Waals surface area contributed by atoms with E-state index >= 15 is 0 Å². The molecular weight excluding hydrogens is 758 g/mol. The van der Waals surface area contributed by atoms with E-state index in [0.717, 1.165) is 69.3 Å². The van der Waals surface area contributed by atoms with Crippen molar-refractivity contribution in [2.24, 2.45) is 11.8 Å². The van der Waals surface area contributed by atoms with Crippen molar-refractivity contribution in [3.63, 3.8) is 0 Å². The van der Waals surface area contributed by atoms with Crippen LogP contribution in [-0.2, 0) is 46.7 Å². The molecule has 2 amide bonds. The van der Waals surface area contributed by atoms with Gasteiger partial charge in [0, 0.05) is 70.8 Å². The van der Waals surface area contributed by atoms with Gasteiger partial charge >= 0.3 is 10.2 Å². The molecule has 1 saturated heterocycles. The lowest BCUT2D eigenvalue weighted by Crippen LogP contribution is -2.52. The van der Waals surface area contributed by atoms with Crippen LogP contribution in [0.3, 0.4) is 0 Å². The molecule has 0 aromatic heterocycles. The number of morpholine rings is 1. The molecular formula is C41H56ClN5O8S. The number of carbonyl (C=O) groups excluding carboxylic acids is 2. The molecule has 2 fully saturated rings. The second kappa shape index (κ2) is 16.9. The van der Waals surface area contributed by atoms with Crippen molar-refractivity contribution in [3.8, 4) is 5.75 Å². The molecule has 306 valence electrons. The maximum Gasteiger partial charge on any atom is 0.303 e. The summed E-state index contributed by atoms with van der Waals surface area (Å²) in [6, 6.07) is 11.1. The minimum atomic E-state index is -4.30. The average molecular weight is 814 g/mol. The first-order valence-corrected chi connectivity index (χ1v) is 21.7. The lowest BCUT2D eigenvalue weighted by Gasteiger charge is -2.46. The Morgan fingerprint density at radius 1 is 1.12 bits per heavy atom. The van der Waals surface area contributed by atoms with Gasteiger partial charge in [0.15, 0.2) is 5.60 Å². The molecule has 7 rings (SSSR count). The zero-order chi connectivity index (χ0) is 39.7. The summed E-state index contributed by atoms with van der Waals surface area (Å²) in [7, 11) is -0.116. The third-order valence-corrected chi connectivity index (χ3v) is 14.2. The Balaban J connectivity index is 1.28.